The van der Waals surface area contributed by atoms with Crippen LogP contribution >= 0.6 is 15.9 Å². The van der Waals surface area contributed by atoms with Crippen molar-refractivity contribution in [3.63, 3.8) is 0 Å². The minimum atomic E-state index is 0.490. The number of hydrogen-bond donors (Lipinski definition) is 0. The molecule has 144 valence electrons. The van der Waals surface area contributed by atoms with Gasteiger partial charge >= 0.3 is 0 Å². The van der Waals surface area contributed by atoms with Crippen LogP contribution in [0, 0.1) is 0 Å². The molecule has 3 aromatic rings. The Balaban J connectivity index is 2.66. The van der Waals surface area contributed by atoms with Crippen molar-refractivity contribution in [3.05, 3.63) is 22.7 Å². The number of fused-ring (bicyclic) bond motifs is 3. The molecule has 0 heterocycles. The predicted molar refractivity (Wildman–Crippen MR) is 108 cm³/mol. The van der Waals surface area contributed by atoms with Crippen molar-refractivity contribution in [2.45, 2.75) is 0 Å². The summed E-state index contributed by atoms with van der Waals surface area (Å²) in [6, 6.07) is 5.87. The van der Waals surface area contributed by atoms with E-state index in [1.165, 1.54) is 0 Å². The summed E-state index contributed by atoms with van der Waals surface area (Å²) < 4.78 is 34.4. The van der Waals surface area contributed by atoms with E-state index in [4.69, 9.17) is 28.4 Å². The highest BCUT2D eigenvalue weighted by Crippen LogP contribution is 2.54. The van der Waals surface area contributed by atoms with Crippen molar-refractivity contribution < 1.29 is 28.4 Å². The molecule has 0 aliphatic carbocycles. The molecule has 0 aromatic heterocycles. The Labute approximate surface area is 166 Å². The molecule has 0 radical (unpaired) electrons. The van der Waals surface area contributed by atoms with Crippen LogP contribution in [0.5, 0.6) is 34.5 Å². The second kappa shape index (κ2) is 7.60. The van der Waals surface area contributed by atoms with E-state index in [0.717, 1.165) is 26.0 Å². The van der Waals surface area contributed by atoms with E-state index in [2.05, 4.69) is 15.9 Å². The quantitative estimate of drug-likeness (QED) is 0.516. The Morgan fingerprint density at radius 1 is 0.593 bits per heavy atom. The third-order valence-corrected chi connectivity index (χ3v) is 5.28. The molecule has 0 atom stereocenters. The summed E-state index contributed by atoms with van der Waals surface area (Å²) in [5, 5.41) is 3.44. The second-order valence-corrected chi connectivity index (χ2v) is 6.44. The number of rotatable bonds is 6. The summed E-state index contributed by atoms with van der Waals surface area (Å²) in [6.07, 6.45) is 0. The Morgan fingerprint density at radius 3 is 1.67 bits per heavy atom. The van der Waals surface area contributed by atoms with Gasteiger partial charge in [-0.15, -0.1) is 0 Å². The average molecular weight is 437 g/mol. The average Bonchev–Trinajstić information content (AvgIpc) is 2.71. The van der Waals surface area contributed by atoms with Gasteiger partial charge in [-0.05, 0) is 27.4 Å². The van der Waals surface area contributed by atoms with Gasteiger partial charge in [-0.2, -0.15) is 0 Å². The van der Waals surface area contributed by atoms with Crippen LogP contribution in [-0.4, -0.2) is 42.7 Å². The van der Waals surface area contributed by atoms with Crippen LogP contribution in [0.15, 0.2) is 22.7 Å². The van der Waals surface area contributed by atoms with Crippen LogP contribution in [0.4, 0.5) is 0 Å². The van der Waals surface area contributed by atoms with Gasteiger partial charge in [0.1, 0.15) is 0 Å². The highest BCUT2D eigenvalue weighted by atomic mass is 79.9. The summed E-state index contributed by atoms with van der Waals surface area (Å²) >= 11 is 3.64. The monoisotopic (exact) mass is 436 g/mol. The topological polar surface area (TPSA) is 55.4 Å². The molecule has 0 N–H and O–H groups in total. The number of benzene rings is 3. The van der Waals surface area contributed by atoms with Gasteiger partial charge in [0.05, 0.1) is 47.1 Å². The molecular weight excluding hydrogens is 416 g/mol. The van der Waals surface area contributed by atoms with Gasteiger partial charge < -0.3 is 28.4 Å². The first-order chi connectivity index (χ1) is 13.1. The lowest BCUT2D eigenvalue weighted by Crippen LogP contribution is -2.00. The van der Waals surface area contributed by atoms with Crippen molar-refractivity contribution in [2.75, 3.05) is 42.7 Å². The van der Waals surface area contributed by atoms with Crippen LogP contribution in [0.3, 0.4) is 0 Å². The fraction of sp³-hybridized carbons (Fsp3) is 0.300. The normalized spacial score (nSPS) is 10.8. The first kappa shape index (κ1) is 19.2. The highest BCUT2D eigenvalue weighted by Gasteiger charge is 2.26. The molecule has 0 aliphatic rings. The van der Waals surface area contributed by atoms with Gasteiger partial charge in [0.2, 0.25) is 11.5 Å². The van der Waals surface area contributed by atoms with Crippen molar-refractivity contribution in [1.29, 1.82) is 0 Å². The maximum atomic E-state index is 5.73. The molecule has 7 heteroatoms. The zero-order chi connectivity index (χ0) is 19.7. The zero-order valence-electron chi connectivity index (χ0n) is 16.1. The fourth-order valence-electron chi connectivity index (χ4n) is 3.38. The lowest BCUT2D eigenvalue weighted by Gasteiger charge is -2.20. The number of methoxy groups -OCH3 is 6. The van der Waals surface area contributed by atoms with E-state index in [9.17, 15) is 0 Å². The van der Waals surface area contributed by atoms with Crippen LogP contribution in [0.25, 0.3) is 21.5 Å². The van der Waals surface area contributed by atoms with Gasteiger partial charge in [0.25, 0.3) is 0 Å². The van der Waals surface area contributed by atoms with Crippen LogP contribution in [-0.2, 0) is 0 Å². The van der Waals surface area contributed by atoms with E-state index in [0.29, 0.717) is 34.5 Å². The molecule has 0 bridgehead atoms. The SMILES string of the molecule is COc1cc2ccc3c(Br)c(OC)c(OC)c(OC)c3c2c(OC)c1OC. The minimum Gasteiger partial charge on any atom is -0.493 e. The van der Waals surface area contributed by atoms with Crippen molar-refractivity contribution in [3.8, 4) is 34.5 Å². The van der Waals surface area contributed by atoms with Gasteiger partial charge in [0.15, 0.2) is 23.0 Å². The zero-order valence-corrected chi connectivity index (χ0v) is 17.6. The molecule has 0 amide bonds. The summed E-state index contributed by atoms with van der Waals surface area (Å²) in [6.45, 7) is 0. The highest BCUT2D eigenvalue weighted by molar-refractivity contribution is 9.10. The van der Waals surface area contributed by atoms with E-state index < -0.39 is 0 Å². The molecule has 3 aromatic carbocycles. The van der Waals surface area contributed by atoms with Crippen LogP contribution in [0.1, 0.15) is 0 Å². The maximum Gasteiger partial charge on any atom is 0.205 e. The maximum absolute atomic E-state index is 5.73. The van der Waals surface area contributed by atoms with Crippen molar-refractivity contribution >= 4 is 37.5 Å². The predicted octanol–water partition coefficient (Wildman–Crippen LogP) is 4.81. The summed E-state index contributed by atoms with van der Waals surface area (Å²) in [4.78, 5) is 0. The second-order valence-electron chi connectivity index (χ2n) is 5.65. The van der Waals surface area contributed by atoms with Gasteiger partial charge in [0, 0.05) is 16.2 Å². The molecule has 3 rings (SSSR count). The fourth-order valence-corrected chi connectivity index (χ4v) is 4.05. The largest absolute Gasteiger partial charge is 0.493 e. The summed E-state index contributed by atoms with van der Waals surface area (Å²) in [5.41, 5.74) is 0. The van der Waals surface area contributed by atoms with Crippen LogP contribution < -0.4 is 28.4 Å². The van der Waals surface area contributed by atoms with Gasteiger partial charge in [-0.3, -0.25) is 0 Å². The smallest absolute Gasteiger partial charge is 0.205 e. The Bertz CT molecular complexity index is 1020. The van der Waals surface area contributed by atoms with Crippen molar-refractivity contribution in [2.24, 2.45) is 0 Å². The molecule has 0 saturated carbocycles. The Kier molecular flexibility index (Phi) is 5.41. The van der Waals surface area contributed by atoms with Gasteiger partial charge in [-0.25, -0.2) is 0 Å². The molecule has 0 fully saturated rings. The lowest BCUT2D eigenvalue weighted by atomic mass is 9.98. The molecule has 0 unspecified atom stereocenters. The third kappa shape index (κ3) is 2.77. The Hall–Kier alpha value is -2.54. The first-order valence-corrected chi connectivity index (χ1v) is 8.89. The first-order valence-electron chi connectivity index (χ1n) is 8.10. The number of ether oxygens (including phenoxy) is 6. The molecule has 0 saturated heterocycles. The lowest BCUT2D eigenvalue weighted by molar-refractivity contribution is 0.325. The standard InChI is InChI=1S/C20H21BrO6/c1-22-12-9-10-7-8-11-14(13(10)17(24-3)16(12)23-2)18(25-4)20(27-6)19(26-5)15(11)21/h7-9H,1-6H3. The van der Waals surface area contributed by atoms with E-state index in [1.54, 1.807) is 42.7 Å². The summed E-state index contributed by atoms with van der Waals surface area (Å²) in [7, 11) is 9.52. The molecule has 0 aliphatic heterocycles. The number of halogens is 1. The molecule has 27 heavy (non-hydrogen) atoms. The molecule has 6 nitrogen and oxygen atoms in total. The van der Waals surface area contributed by atoms with E-state index in [1.807, 2.05) is 18.2 Å². The molecule has 0 spiro atoms. The van der Waals surface area contributed by atoms with E-state index >= 15 is 0 Å². The molecular formula is C20H21BrO6. The van der Waals surface area contributed by atoms with Crippen LogP contribution in [0.2, 0.25) is 0 Å². The van der Waals surface area contributed by atoms with E-state index in [-0.39, 0.29) is 0 Å². The van der Waals surface area contributed by atoms with Crippen molar-refractivity contribution in [1.82, 2.24) is 0 Å². The number of hydrogen-bond acceptors (Lipinski definition) is 6. The van der Waals surface area contributed by atoms with Gasteiger partial charge in [-0.1, -0.05) is 12.1 Å². The third-order valence-electron chi connectivity index (χ3n) is 4.50. The Morgan fingerprint density at radius 2 is 1.15 bits per heavy atom. The summed E-state index contributed by atoms with van der Waals surface area (Å²) in [5.74, 6) is 3.23. The minimum absolute atomic E-state index is 0.490.